The Morgan fingerprint density at radius 1 is 1.25 bits per heavy atom. The van der Waals surface area contributed by atoms with Gasteiger partial charge in [-0.2, -0.15) is 5.26 Å². The molecule has 0 spiro atoms. The van der Waals surface area contributed by atoms with Crippen LogP contribution in [-0.4, -0.2) is 6.54 Å². The van der Waals surface area contributed by atoms with Gasteiger partial charge in [-0.15, -0.1) is 0 Å². The second-order valence-electron chi connectivity index (χ2n) is 4.38. The number of nitriles is 1. The summed E-state index contributed by atoms with van der Waals surface area (Å²) in [5.74, 6) is -1.17. The van der Waals surface area contributed by atoms with Crippen LogP contribution in [0, 0.1) is 28.4 Å². The molecule has 0 aliphatic rings. The Labute approximate surface area is 93.9 Å². The summed E-state index contributed by atoms with van der Waals surface area (Å²) in [4.78, 5) is 0. The van der Waals surface area contributed by atoms with Crippen LogP contribution in [0.2, 0.25) is 0 Å². The average molecular weight is 224 g/mol. The third-order valence-electron chi connectivity index (χ3n) is 2.12. The molecule has 1 N–H and O–H groups in total. The van der Waals surface area contributed by atoms with Gasteiger partial charge in [0.1, 0.15) is 11.6 Å². The zero-order valence-electron chi connectivity index (χ0n) is 9.35. The zero-order chi connectivity index (χ0) is 12.2. The van der Waals surface area contributed by atoms with Crippen molar-refractivity contribution in [2.75, 3.05) is 6.54 Å². The van der Waals surface area contributed by atoms with Crippen molar-refractivity contribution >= 4 is 0 Å². The quantitative estimate of drug-likeness (QED) is 0.853. The molecule has 0 saturated carbocycles. The van der Waals surface area contributed by atoms with Crippen LogP contribution in [0.1, 0.15) is 19.4 Å². The molecule has 0 bridgehead atoms. The van der Waals surface area contributed by atoms with Gasteiger partial charge in [0.05, 0.1) is 11.5 Å². The van der Waals surface area contributed by atoms with Gasteiger partial charge >= 0.3 is 0 Å². The first-order chi connectivity index (χ1) is 7.43. The molecule has 0 fully saturated rings. The molecule has 0 aromatic heterocycles. The van der Waals surface area contributed by atoms with E-state index in [0.717, 1.165) is 6.07 Å². The molecule has 0 aliphatic carbocycles. The van der Waals surface area contributed by atoms with Crippen molar-refractivity contribution < 1.29 is 8.78 Å². The summed E-state index contributed by atoms with van der Waals surface area (Å²) in [6.45, 7) is 4.42. The fourth-order valence-corrected chi connectivity index (χ4v) is 1.27. The van der Waals surface area contributed by atoms with Crippen LogP contribution in [-0.2, 0) is 6.54 Å². The van der Waals surface area contributed by atoms with Crippen molar-refractivity contribution in [3.05, 3.63) is 35.4 Å². The highest BCUT2D eigenvalue weighted by Crippen LogP contribution is 2.12. The largest absolute Gasteiger partial charge is 0.311 e. The first-order valence-corrected chi connectivity index (χ1v) is 5.00. The fraction of sp³-hybridized carbons (Fsp3) is 0.417. The number of halogens is 2. The summed E-state index contributed by atoms with van der Waals surface area (Å²) >= 11 is 0. The van der Waals surface area contributed by atoms with E-state index in [9.17, 15) is 8.78 Å². The Hall–Kier alpha value is -1.47. The lowest BCUT2D eigenvalue weighted by molar-refractivity contribution is 0.444. The number of nitrogens with zero attached hydrogens (tertiary/aromatic N) is 1. The monoisotopic (exact) mass is 224 g/mol. The highest BCUT2D eigenvalue weighted by Gasteiger charge is 2.15. The number of rotatable bonds is 4. The minimum atomic E-state index is -0.587. The van der Waals surface area contributed by atoms with Crippen LogP contribution in [0.15, 0.2) is 18.2 Å². The Kier molecular flexibility index (Phi) is 3.97. The van der Waals surface area contributed by atoms with E-state index in [-0.39, 0.29) is 0 Å². The van der Waals surface area contributed by atoms with Gasteiger partial charge in [-0.05, 0) is 31.5 Å². The maximum atomic E-state index is 12.8. The maximum Gasteiger partial charge on any atom is 0.126 e. The molecular formula is C12H14F2N2. The predicted octanol–water partition coefficient (Wildman–Crippen LogP) is 2.60. The molecule has 0 atom stereocenters. The minimum absolute atomic E-state index is 0.347. The summed E-state index contributed by atoms with van der Waals surface area (Å²) in [5, 5.41) is 11.8. The number of nitrogens with one attached hydrogen (secondary N) is 1. The number of hydrogen-bond acceptors (Lipinski definition) is 2. The average Bonchev–Trinajstić information content (AvgIpc) is 2.16. The third kappa shape index (κ3) is 3.95. The van der Waals surface area contributed by atoms with E-state index >= 15 is 0 Å². The highest BCUT2D eigenvalue weighted by molar-refractivity contribution is 5.17. The van der Waals surface area contributed by atoms with Gasteiger partial charge in [0.25, 0.3) is 0 Å². The molecule has 1 aromatic rings. The van der Waals surface area contributed by atoms with Gasteiger partial charge in [-0.3, -0.25) is 0 Å². The van der Waals surface area contributed by atoms with Crippen molar-refractivity contribution in [3.63, 3.8) is 0 Å². The lowest BCUT2D eigenvalue weighted by Crippen LogP contribution is -2.27. The molecule has 4 heteroatoms. The summed E-state index contributed by atoms with van der Waals surface area (Å²) in [6, 6.07) is 5.52. The molecule has 0 amide bonds. The van der Waals surface area contributed by atoms with Crippen molar-refractivity contribution in [1.82, 2.24) is 5.32 Å². The van der Waals surface area contributed by atoms with E-state index in [1.54, 1.807) is 13.8 Å². The fourth-order valence-electron chi connectivity index (χ4n) is 1.27. The second-order valence-corrected chi connectivity index (χ2v) is 4.38. The molecule has 16 heavy (non-hydrogen) atoms. The molecule has 0 unspecified atom stereocenters. The minimum Gasteiger partial charge on any atom is -0.311 e. The van der Waals surface area contributed by atoms with Crippen LogP contribution in [0.5, 0.6) is 0 Å². The van der Waals surface area contributed by atoms with Crippen molar-refractivity contribution in [2.24, 2.45) is 5.41 Å². The van der Waals surface area contributed by atoms with E-state index < -0.39 is 17.0 Å². The van der Waals surface area contributed by atoms with Gasteiger partial charge in [0.2, 0.25) is 0 Å². The van der Waals surface area contributed by atoms with Crippen LogP contribution < -0.4 is 5.32 Å². The van der Waals surface area contributed by atoms with Gasteiger partial charge in [0, 0.05) is 19.2 Å². The van der Waals surface area contributed by atoms with Crippen molar-refractivity contribution in [1.29, 1.82) is 5.26 Å². The van der Waals surface area contributed by atoms with E-state index in [1.807, 2.05) is 0 Å². The van der Waals surface area contributed by atoms with Gasteiger partial charge in [-0.1, -0.05) is 0 Å². The number of benzene rings is 1. The molecule has 1 aromatic carbocycles. The van der Waals surface area contributed by atoms with Crippen LogP contribution >= 0.6 is 0 Å². The Morgan fingerprint density at radius 2 is 1.81 bits per heavy atom. The summed E-state index contributed by atoms with van der Waals surface area (Å²) in [5.41, 5.74) is 0.0533. The van der Waals surface area contributed by atoms with Crippen molar-refractivity contribution in [2.45, 2.75) is 20.4 Å². The Morgan fingerprint density at radius 3 is 2.31 bits per heavy atom. The molecule has 0 saturated heterocycles. The molecule has 0 aliphatic heterocycles. The van der Waals surface area contributed by atoms with Gasteiger partial charge in [-0.25, -0.2) is 8.78 Å². The van der Waals surface area contributed by atoms with Crippen LogP contribution in [0.3, 0.4) is 0 Å². The van der Waals surface area contributed by atoms with E-state index in [2.05, 4.69) is 11.4 Å². The second kappa shape index (κ2) is 5.04. The first-order valence-electron chi connectivity index (χ1n) is 5.00. The normalized spacial score (nSPS) is 11.2. The molecule has 86 valence electrons. The summed E-state index contributed by atoms with van der Waals surface area (Å²) in [6.07, 6.45) is 0. The SMILES string of the molecule is CC(C)(C#N)CNCc1cc(F)cc(F)c1. The van der Waals surface area contributed by atoms with Crippen molar-refractivity contribution in [3.8, 4) is 6.07 Å². The van der Waals surface area contributed by atoms with E-state index in [1.165, 1.54) is 12.1 Å². The maximum absolute atomic E-state index is 12.8. The number of hydrogen-bond donors (Lipinski definition) is 1. The first kappa shape index (κ1) is 12.6. The van der Waals surface area contributed by atoms with Crippen LogP contribution in [0.25, 0.3) is 0 Å². The lowest BCUT2D eigenvalue weighted by atomic mass is 9.96. The summed E-state index contributed by atoms with van der Waals surface area (Å²) in [7, 11) is 0. The Balaban J connectivity index is 2.53. The standard InChI is InChI=1S/C12H14F2N2/c1-12(2,7-15)8-16-6-9-3-10(13)5-11(14)4-9/h3-5,16H,6,8H2,1-2H3. The smallest absolute Gasteiger partial charge is 0.126 e. The Bertz CT molecular complexity index is 388. The third-order valence-corrected chi connectivity index (χ3v) is 2.12. The zero-order valence-corrected chi connectivity index (χ0v) is 9.35. The highest BCUT2D eigenvalue weighted by atomic mass is 19.1. The van der Waals surface area contributed by atoms with Gasteiger partial charge < -0.3 is 5.32 Å². The molecular weight excluding hydrogens is 210 g/mol. The lowest BCUT2D eigenvalue weighted by Gasteiger charge is -2.15. The predicted molar refractivity (Wildman–Crippen MR) is 57.5 cm³/mol. The van der Waals surface area contributed by atoms with E-state index in [4.69, 9.17) is 5.26 Å². The topological polar surface area (TPSA) is 35.8 Å². The molecule has 0 heterocycles. The van der Waals surface area contributed by atoms with Crippen LogP contribution in [0.4, 0.5) is 8.78 Å². The molecule has 0 radical (unpaired) electrons. The van der Waals surface area contributed by atoms with E-state index in [0.29, 0.717) is 18.7 Å². The molecule has 1 rings (SSSR count). The summed E-state index contributed by atoms with van der Waals surface area (Å²) < 4.78 is 25.7. The molecule has 2 nitrogen and oxygen atoms in total. The van der Waals surface area contributed by atoms with Gasteiger partial charge in [0.15, 0.2) is 0 Å².